The first-order chi connectivity index (χ1) is 17.0. The third-order valence-electron chi connectivity index (χ3n) is 5.04. The fraction of sp³-hybridized carbons (Fsp3) is 0.500. The Kier molecular flexibility index (Phi) is 8.63. The maximum absolute atomic E-state index is 13.4. The van der Waals surface area contributed by atoms with Gasteiger partial charge in [0.05, 0.1) is 12.7 Å². The van der Waals surface area contributed by atoms with Gasteiger partial charge in [0.15, 0.2) is 22.8 Å². The van der Waals surface area contributed by atoms with Crippen molar-refractivity contribution in [3.8, 4) is 0 Å². The highest BCUT2D eigenvalue weighted by Gasteiger charge is 2.41. The van der Waals surface area contributed by atoms with Crippen LogP contribution in [0.2, 0.25) is 0 Å². The van der Waals surface area contributed by atoms with Gasteiger partial charge in [-0.05, 0) is 13.2 Å². The minimum Gasteiger partial charge on any atom is -0.463 e. The van der Waals surface area contributed by atoms with Gasteiger partial charge in [0, 0.05) is 33.4 Å². The molecule has 194 valence electrons. The smallest absolute Gasteiger partial charge is 0.343 e. The van der Waals surface area contributed by atoms with Crippen molar-refractivity contribution in [3.63, 3.8) is 0 Å². The highest BCUT2D eigenvalue weighted by molar-refractivity contribution is 7.98. The lowest BCUT2D eigenvalue weighted by atomic mass is 10.1. The maximum Gasteiger partial charge on any atom is 0.343 e. The topological polar surface area (TPSA) is 165 Å². The van der Waals surface area contributed by atoms with Gasteiger partial charge < -0.3 is 28.8 Å². The molecule has 3 heterocycles. The summed E-state index contributed by atoms with van der Waals surface area (Å²) in [5.41, 5.74) is -1.08. The first-order valence-corrected chi connectivity index (χ1v) is 12.2. The third kappa shape index (κ3) is 5.99. The second-order valence-corrected chi connectivity index (χ2v) is 8.55. The zero-order valence-corrected chi connectivity index (χ0v) is 21.2. The van der Waals surface area contributed by atoms with Crippen molar-refractivity contribution in [2.45, 2.75) is 57.7 Å². The predicted octanol–water partition coefficient (Wildman–Crippen LogP) is 1.43. The van der Waals surface area contributed by atoms with Gasteiger partial charge in [-0.3, -0.25) is 19.2 Å². The fourth-order valence-electron chi connectivity index (χ4n) is 3.71. The lowest BCUT2D eigenvalue weighted by Gasteiger charge is -2.24. The minimum atomic E-state index is -1.06. The number of carbonyl (C=O) groups excluding carboxylic acids is 4. The van der Waals surface area contributed by atoms with Crippen LogP contribution in [0.5, 0.6) is 0 Å². The van der Waals surface area contributed by atoms with Crippen LogP contribution in [-0.2, 0) is 33.3 Å². The van der Waals surface area contributed by atoms with Crippen molar-refractivity contribution in [3.05, 3.63) is 22.0 Å². The van der Waals surface area contributed by atoms with E-state index < -0.39 is 47.7 Å². The van der Waals surface area contributed by atoms with Crippen LogP contribution in [0.1, 0.15) is 50.7 Å². The number of ether oxygens (including phenoxy) is 4. The summed E-state index contributed by atoms with van der Waals surface area (Å²) in [6, 6.07) is 0. The zero-order valence-electron chi connectivity index (χ0n) is 20.4. The van der Waals surface area contributed by atoms with Crippen molar-refractivity contribution in [1.82, 2.24) is 14.5 Å². The lowest BCUT2D eigenvalue weighted by molar-refractivity contribution is -0.152. The quantitative estimate of drug-likeness (QED) is 0.230. The van der Waals surface area contributed by atoms with E-state index in [2.05, 4.69) is 15.3 Å². The van der Waals surface area contributed by atoms with E-state index in [1.807, 2.05) is 0 Å². The molecule has 2 aromatic heterocycles. The van der Waals surface area contributed by atoms with Crippen molar-refractivity contribution in [1.29, 1.82) is 0 Å². The molecule has 14 heteroatoms. The summed E-state index contributed by atoms with van der Waals surface area (Å²) in [6.07, 6.45) is 0.504. The number of rotatable bonds is 8. The van der Waals surface area contributed by atoms with Gasteiger partial charge in [-0.15, -0.1) is 0 Å². The molecule has 0 saturated carbocycles. The molecule has 0 radical (unpaired) electrons. The molecule has 1 aliphatic rings. The van der Waals surface area contributed by atoms with Crippen LogP contribution < -0.4 is 10.7 Å². The van der Waals surface area contributed by atoms with Crippen LogP contribution in [0.4, 0.5) is 5.82 Å². The molecule has 1 fully saturated rings. The molecule has 0 bridgehead atoms. The zero-order chi connectivity index (χ0) is 26.6. The third-order valence-corrected chi connectivity index (χ3v) is 5.58. The summed E-state index contributed by atoms with van der Waals surface area (Å²) < 4.78 is 23.0. The van der Waals surface area contributed by atoms with E-state index >= 15 is 0 Å². The summed E-state index contributed by atoms with van der Waals surface area (Å²) in [6.45, 7) is 5.22. The summed E-state index contributed by atoms with van der Waals surface area (Å²) in [5, 5.41) is 2.58. The number of thioether (sulfide) groups is 1. The van der Waals surface area contributed by atoms with Gasteiger partial charge in [-0.25, -0.2) is 14.8 Å². The normalized spacial score (nSPS) is 19.1. The molecule has 0 spiro atoms. The van der Waals surface area contributed by atoms with Gasteiger partial charge in [0.25, 0.3) is 0 Å². The number of hydrogen-bond donors (Lipinski definition) is 1. The van der Waals surface area contributed by atoms with Crippen LogP contribution in [0, 0.1) is 0 Å². The number of hydrogen-bond acceptors (Lipinski definition) is 12. The average molecular weight is 523 g/mol. The Balaban J connectivity index is 2.28. The molecule has 1 N–H and O–H groups in total. The van der Waals surface area contributed by atoms with Crippen molar-refractivity contribution < 1.29 is 38.1 Å². The first kappa shape index (κ1) is 27.1. The maximum atomic E-state index is 13.4. The number of carbonyl (C=O) groups is 4. The van der Waals surface area contributed by atoms with Crippen LogP contribution in [-0.4, -0.2) is 70.0 Å². The summed E-state index contributed by atoms with van der Waals surface area (Å²) in [7, 11) is 0. The van der Waals surface area contributed by atoms with Crippen LogP contribution >= 0.6 is 11.8 Å². The number of aromatic nitrogens is 3. The number of amides is 1. The summed E-state index contributed by atoms with van der Waals surface area (Å²) in [5.74, 6) is -2.59. The molecule has 1 amide bonds. The van der Waals surface area contributed by atoms with Crippen molar-refractivity contribution in [2.75, 3.05) is 24.8 Å². The summed E-state index contributed by atoms with van der Waals surface area (Å²) >= 11 is 1.16. The monoisotopic (exact) mass is 522 g/mol. The highest BCUT2D eigenvalue weighted by atomic mass is 32.2. The van der Waals surface area contributed by atoms with Crippen LogP contribution in [0.3, 0.4) is 0 Å². The lowest BCUT2D eigenvalue weighted by Crippen LogP contribution is -2.30. The van der Waals surface area contributed by atoms with Crippen molar-refractivity contribution >= 4 is 52.4 Å². The van der Waals surface area contributed by atoms with E-state index in [1.165, 1.54) is 31.5 Å². The molecule has 36 heavy (non-hydrogen) atoms. The molecule has 0 aliphatic carbocycles. The Morgan fingerprint density at radius 3 is 2.47 bits per heavy atom. The van der Waals surface area contributed by atoms with E-state index in [1.54, 1.807) is 13.2 Å². The Labute approximate surface area is 209 Å². The van der Waals surface area contributed by atoms with Gasteiger partial charge in [-0.1, -0.05) is 11.8 Å². The number of fused-ring (bicyclic) bond motifs is 1. The Hall–Kier alpha value is -3.52. The number of nitrogens with one attached hydrogen (secondary N) is 1. The molecule has 1 unspecified atom stereocenters. The Morgan fingerprint density at radius 1 is 1.17 bits per heavy atom. The Morgan fingerprint density at radius 2 is 1.89 bits per heavy atom. The molecule has 2 aromatic rings. The van der Waals surface area contributed by atoms with E-state index in [9.17, 15) is 24.0 Å². The van der Waals surface area contributed by atoms with Gasteiger partial charge in [-0.2, -0.15) is 0 Å². The molecular formula is C22H26N4O9S. The molecule has 1 saturated heterocycles. The molecule has 1 aliphatic heterocycles. The average Bonchev–Trinajstić information content (AvgIpc) is 3.18. The number of nitrogens with zero attached hydrogens (tertiary/aromatic N) is 3. The standard InChI is InChI=1S/C22H26N4O9S/c1-6-32-21(31)14-8-26(20-15(34-12(4)29)7-13(35-20)9-33-11(3)28)19-16(17(14)30)18(23-10(2)27)24-22(25-19)36-5/h8,13,15,20H,6-7,9H2,1-5H3,(H,23,24,25,27)/t13-,15+,20?/m0/s1. The van der Waals surface area contributed by atoms with Gasteiger partial charge >= 0.3 is 17.9 Å². The van der Waals surface area contributed by atoms with E-state index in [4.69, 9.17) is 18.9 Å². The first-order valence-electron chi connectivity index (χ1n) is 11.0. The number of esters is 3. The molecule has 13 nitrogen and oxygen atoms in total. The summed E-state index contributed by atoms with van der Waals surface area (Å²) in [4.78, 5) is 69.7. The van der Waals surface area contributed by atoms with E-state index in [0.29, 0.717) is 0 Å². The molecule has 0 aromatic carbocycles. The van der Waals surface area contributed by atoms with E-state index in [-0.39, 0.29) is 47.2 Å². The Bertz CT molecular complexity index is 1260. The number of pyridine rings is 1. The largest absolute Gasteiger partial charge is 0.463 e. The molecular weight excluding hydrogens is 496 g/mol. The minimum absolute atomic E-state index is 0.0111. The SMILES string of the molecule is CCOC(=O)c1cn(C2O[C@H](COC(C)=O)C[C@H]2OC(C)=O)c2nc(SC)nc(NC(C)=O)c2c1=O. The molecule has 3 atom stereocenters. The van der Waals surface area contributed by atoms with Gasteiger partial charge in [0.1, 0.15) is 23.7 Å². The fourth-order valence-corrected chi connectivity index (χ4v) is 4.07. The van der Waals surface area contributed by atoms with Gasteiger partial charge in [0.2, 0.25) is 11.3 Å². The second-order valence-electron chi connectivity index (χ2n) is 7.77. The molecule has 3 rings (SSSR count). The second kappa shape index (κ2) is 11.5. The number of anilines is 1. The van der Waals surface area contributed by atoms with Crippen molar-refractivity contribution in [2.24, 2.45) is 0 Å². The predicted molar refractivity (Wildman–Crippen MR) is 127 cm³/mol. The van der Waals surface area contributed by atoms with E-state index in [0.717, 1.165) is 11.8 Å². The van der Waals surface area contributed by atoms with Crippen LogP contribution in [0.25, 0.3) is 11.0 Å². The highest BCUT2D eigenvalue weighted by Crippen LogP contribution is 2.34. The van der Waals surface area contributed by atoms with Crippen LogP contribution in [0.15, 0.2) is 16.1 Å².